The van der Waals surface area contributed by atoms with Crippen LogP contribution < -0.4 is 20.2 Å². The Balaban J connectivity index is 2.64. The molecule has 2 amide bonds. The lowest BCUT2D eigenvalue weighted by Crippen LogP contribution is -2.39. The van der Waals surface area contributed by atoms with E-state index in [2.05, 4.69) is 22.4 Å². The van der Waals surface area contributed by atoms with Gasteiger partial charge in [0.15, 0.2) is 11.5 Å². The van der Waals surface area contributed by atoms with E-state index in [0.717, 1.165) is 0 Å². The summed E-state index contributed by atoms with van der Waals surface area (Å²) in [4.78, 5) is 23.0. The van der Waals surface area contributed by atoms with Gasteiger partial charge in [-0.25, -0.2) is 5.43 Å². The first-order chi connectivity index (χ1) is 12.1. The summed E-state index contributed by atoms with van der Waals surface area (Å²) in [5.41, 5.74) is 2.83. The molecule has 0 radical (unpaired) electrons. The number of carbonyl (C=O) groups is 2. The third kappa shape index (κ3) is 7.49. The summed E-state index contributed by atoms with van der Waals surface area (Å²) in [5.74, 6) is -0.502. The third-order valence-electron chi connectivity index (χ3n) is 2.80. The lowest BCUT2D eigenvalue weighted by Gasteiger charge is -2.11. The van der Waals surface area contributed by atoms with Crippen LogP contribution in [0.4, 0.5) is 0 Å². The molecule has 25 heavy (non-hydrogen) atoms. The van der Waals surface area contributed by atoms with Crippen molar-refractivity contribution in [2.75, 3.05) is 33.5 Å². The first-order valence-corrected chi connectivity index (χ1v) is 7.73. The minimum absolute atomic E-state index is 0.246. The number of hydrogen-bond donors (Lipinski definition) is 2. The summed E-state index contributed by atoms with van der Waals surface area (Å²) in [6, 6.07) is 5.20. The monoisotopic (exact) mass is 349 g/mol. The Kier molecular flexibility index (Phi) is 9.39. The number of hydrogen-bond acceptors (Lipinski definition) is 6. The van der Waals surface area contributed by atoms with Crippen LogP contribution in [0.2, 0.25) is 0 Å². The molecule has 0 aromatic heterocycles. The van der Waals surface area contributed by atoms with E-state index >= 15 is 0 Å². The molecule has 0 saturated heterocycles. The standard InChI is InChI=1S/C17H23N3O5/c1-4-9-25-14-7-6-13(11-15(14)24-5-2)12-19-20-17(22)16(21)18-8-10-23-3/h4,6-7,11-12H,1,5,8-10H2,2-3H3,(H,18,21)(H,20,22)/b19-12-. The lowest BCUT2D eigenvalue weighted by molar-refractivity contribution is -0.139. The molecule has 8 nitrogen and oxygen atoms in total. The maximum atomic E-state index is 11.5. The largest absolute Gasteiger partial charge is 0.490 e. The molecule has 1 rings (SSSR count). The molecule has 0 aliphatic heterocycles. The second-order valence-corrected chi connectivity index (χ2v) is 4.69. The first-order valence-electron chi connectivity index (χ1n) is 7.73. The molecule has 8 heteroatoms. The minimum atomic E-state index is -0.858. The van der Waals surface area contributed by atoms with Gasteiger partial charge in [0.1, 0.15) is 6.61 Å². The quantitative estimate of drug-likeness (QED) is 0.215. The van der Waals surface area contributed by atoms with Gasteiger partial charge >= 0.3 is 11.8 Å². The summed E-state index contributed by atoms with van der Waals surface area (Å²) >= 11 is 0. The van der Waals surface area contributed by atoms with Gasteiger partial charge in [-0.3, -0.25) is 9.59 Å². The van der Waals surface area contributed by atoms with Crippen LogP contribution in [0.3, 0.4) is 0 Å². The van der Waals surface area contributed by atoms with E-state index in [-0.39, 0.29) is 6.54 Å². The fourth-order valence-electron chi connectivity index (χ4n) is 1.70. The first kappa shape index (κ1) is 20.2. The lowest BCUT2D eigenvalue weighted by atomic mass is 10.2. The average molecular weight is 349 g/mol. The molecule has 0 saturated carbocycles. The van der Waals surface area contributed by atoms with Crippen LogP contribution >= 0.6 is 0 Å². The van der Waals surface area contributed by atoms with Gasteiger partial charge in [0.25, 0.3) is 0 Å². The van der Waals surface area contributed by atoms with E-state index in [0.29, 0.717) is 36.9 Å². The van der Waals surface area contributed by atoms with Crippen molar-refractivity contribution in [1.29, 1.82) is 0 Å². The van der Waals surface area contributed by atoms with Crippen LogP contribution in [0, 0.1) is 0 Å². The molecule has 0 unspecified atom stereocenters. The Labute approximate surface area is 146 Å². The number of rotatable bonds is 10. The van der Waals surface area contributed by atoms with Gasteiger partial charge in [0, 0.05) is 13.7 Å². The van der Waals surface area contributed by atoms with Gasteiger partial charge in [0.05, 0.1) is 19.4 Å². The topological polar surface area (TPSA) is 98.2 Å². The molecule has 0 fully saturated rings. The second-order valence-electron chi connectivity index (χ2n) is 4.69. The van der Waals surface area contributed by atoms with E-state index < -0.39 is 11.8 Å². The summed E-state index contributed by atoms with van der Waals surface area (Å²) < 4.78 is 15.8. The number of methoxy groups -OCH3 is 1. The Morgan fingerprint density at radius 3 is 2.72 bits per heavy atom. The minimum Gasteiger partial charge on any atom is -0.490 e. The molecule has 136 valence electrons. The van der Waals surface area contributed by atoms with E-state index in [1.807, 2.05) is 6.92 Å². The van der Waals surface area contributed by atoms with Crippen molar-refractivity contribution in [3.05, 3.63) is 36.4 Å². The van der Waals surface area contributed by atoms with Crippen LogP contribution in [0.25, 0.3) is 0 Å². The summed E-state index contributed by atoms with van der Waals surface area (Å²) in [6.07, 6.45) is 3.04. The van der Waals surface area contributed by atoms with Crippen molar-refractivity contribution in [2.24, 2.45) is 5.10 Å². The van der Waals surface area contributed by atoms with Gasteiger partial charge in [-0.05, 0) is 30.7 Å². The number of benzene rings is 1. The molecule has 1 aromatic rings. The molecule has 0 bridgehead atoms. The predicted molar refractivity (Wildman–Crippen MR) is 93.9 cm³/mol. The Morgan fingerprint density at radius 1 is 1.24 bits per heavy atom. The van der Waals surface area contributed by atoms with Crippen molar-refractivity contribution in [3.63, 3.8) is 0 Å². The highest BCUT2D eigenvalue weighted by Crippen LogP contribution is 2.28. The van der Waals surface area contributed by atoms with Gasteiger partial charge in [0.2, 0.25) is 0 Å². The van der Waals surface area contributed by atoms with Gasteiger partial charge < -0.3 is 19.5 Å². The highest BCUT2D eigenvalue weighted by atomic mass is 16.5. The number of nitrogens with one attached hydrogen (secondary N) is 2. The Morgan fingerprint density at radius 2 is 2.04 bits per heavy atom. The zero-order valence-electron chi connectivity index (χ0n) is 14.4. The van der Waals surface area contributed by atoms with Crippen LogP contribution in [-0.4, -0.2) is 51.5 Å². The molecule has 0 aliphatic rings. The average Bonchev–Trinajstić information content (AvgIpc) is 2.61. The molecule has 0 spiro atoms. The van der Waals surface area contributed by atoms with Crippen molar-refractivity contribution >= 4 is 18.0 Å². The van der Waals surface area contributed by atoms with Crippen LogP contribution in [-0.2, 0) is 14.3 Å². The number of amides is 2. The molecular weight excluding hydrogens is 326 g/mol. The normalized spacial score (nSPS) is 10.3. The Bertz CT molecular complexity index is 616. The van der Waals surface area contributed by atoms with E-state index in [1.165, 1.54) is 13.3 Å². The fourth-order valence-corrected chi connectivity index (χ4v) is 1.70. The van der Waals surface area contributed by atoms with Crippen LogP contribution in [0.1, 0.15) is 12.5 Å². The smallest absolute Gasteiger partial charge is 0.329 e. The van der Waals surface area contributed by atoms with Crippen LogP contribution in [0.5, 0.6) is 11.5 Å². The van der Waals surface area contributed by atoms with E-state index in [9.17, 15) is 9.59 Å². The second kappa shape index (κ2) is 11.6. The van der Waals surface area contributed by atoms with Gasteiger partial charge in [-0.15, -0.1) is 0 Å². The number of carbonyl (C=O) groups excluding carboxylic acids is 2. The zero-order valence-corrected chi connectivity index (χ0v) is 14.4. The van der Waals surface area contributed by atoms with Gasteiger partial charge in [-0.2, -0.15) is 5.10 Å². The molecule has 2 N–H and O–H groups in total. The van der Waals surface area contributed by atoms with Crippen molar-refractivity contribution < 1.29 is 23.8 Å². The molecule has 0 aliphatic carbocycles. The zero-order chi connectivity index (χ0) is 18.5. The highest BCUT2D eigenvalue weighted by molar-refractivity contribution is 6.35. The maximum absolute atomic E-state index is 11.5. The Hall–Kier alpha value is -2.87. The summed E-state index contributed by atoms with van der Waals surface area (Å²) in [7, 11) is 1.50. The van der Waals surface area contributed by atoms with E-state index in [1.54, 1.807) is 24.3 Å². The predicted octanol–water partition coefficient (Wildman–Crippen LogP) is 0.863. The summed E-state index contributed by atoms with van der Waals surface area (Å²) in [5, 5.41) is 6.15. The number of hydrazone groups is 1. The molecule has 0 heterocycles. The van der Waals surface area contributed by atoms with Gasteiger partial charge in [-0.1, -0.05) is 12.7 Å². The van der Waals surface area contributed by atoms with Crippen molar-refractivity contribution in [3.8, 4) is 11.5 Å². The summed E-state index contributed by atoms with van der Waals surface area (Å²) in [6.45, 7) is 6.87. The third-order valence-corrected chi connectivity index (χ3v) is 2.80. The van der Waals surface area contributed by atoms with E-state index in [4.69, 9.17) is 14.2 Å². The molecule has 0 atom stereocenters. The molecular formula is C17H23N3O5. The van der Waals surface area contributed by atoms with Crippen LogP contribution in [0.15, 0.2) is 36.0 Å². The maximum Gasteiger partial charge on any atom is 0.329 e. The number of ether oxygens (including phenoxy) is 3. The number of nitrogens with zero attached hydrogens (tertiary/aromatic N) is 1. The molecule has 1 aromatic carbocycles. The van der Waals surface area contributed by atoms with Crippen molar-refractivity contribution in [1.82, 2.24) is 10.7 Å². The highest BCUT2D eigenvalue weighted by Gasteiger charge is 2.11. The SMILES string of the molecule is C=CCOc1ccc(/C=N\NC(=O)C(=O)NCCOC)cc1OCC. The fraction of sp³-hybridized carbons (Fsp3) is 0.353. The van der Waals surface area contributed by atoms with Crippen molar-refractivity contribution in [2.45, 2.75) is 6.92 Å².